The van der Waals surface area contributed by atoms with Crippen molar-refractivity contribution in [3.05, 3.63) is 38.5 Å². The van der Waals surface area contributed by atoms with Crippen molar-refractivity contribution in [2.75, 3.05) is 0 Å². The fourth-order valence-corrected chi connectivity index (χ4v) is 2.21. The summed E-state index contributed by atoms with van der Waals surface area (Å²) in [7, 11) is 0. The van der Waals surface area contributed by atoms with Crippen LogP contribution in [0.1, 0.15) is 18.1 Å². The Kier molecular flexibility index (Phi) is 1.75. The Hall–Kier alpha value is -0.310. The summed E-state index contributed by atoms with van der Waals surface area (Å²) in [5, 5.41) is 0. The van der Waals surface area contributed by atoms with Crippen LogP contribution in [-0.2, 0) is 6.42 Å². The van der Waals surface area contributed by atoms with E-state index in [9.17, 15) is 0 Å². The second-order valence-electron chi connectivity index (χ2n) is 2.98. The predicted octanol–water partition coefficient (Wildman–Crippen LogP) is 3.25. The summed E-state index contributed by atoms with van der Waals surface area (Å²) in [6, 6.07) is 6.51. The molecule has 0 heterocycles. The van der Waals surface area contributed by atoms with Gasteiger partial charge in [0.1, 0.15) is 0 Å². The smallest absolute Gasteiger partial charge is 0.0205 e. The first-order valence-electron chi connectivity index (χ1n) is 3.72. The highest BCUT2D eigenvalue weighted by atomic mass is 127. The number of benzene rings is 1. The molecule has 0 aliphatic heterocycles. The van der Waals surface area contributed by atoms with Gasteiger partial charge in [-0.1, -0.05) is 23.8 Å². The molecule has 0 saturated carbocycles. The second-order valence-corrected chi connectivity index (χ2v) is 4.14. The molecule has 1 aliphatic carbocycles. The molecular weight excluding hydrogens is 247 g/mol. The summed E-state index contributed by atoms with van der Waals surface area (Å²) in [5.74, 6) is 0. The Bertz CT molecular complexity index is 324. The molecule has 1 aliphatic rings. The monoisotopic (exact) mass is 256 g/mol. The molecular formula is C10H9I. The van der Waals surface area contributed by atoms with Gasteiger partial charge in [0.2, 0.25) is 0 Å². The molecule has 1 aromatic carbocycles. The first kappa shape index (κ1) is 7.35. The number of fused-ring (bicyclic) bond motifs is 1. The molecule has 56 valence electrons. The van der Waals surface area contributed by atoms with Crippen LogP contribution in [0.5, 0.6) is 0 Å². The first-order chi connectivity index (χ1) is 5.27. The van der Waals surface area contributed by atoms with Gasteiger partial charge < -0.3 is 0 Å². The summed E-state index contributed by atoms with van der Waals surface area (Å²) in [6.45, 7) is 2.19. The molecule has 0 aromatic heterocycles. The minimum absolute atomic E-state index is 1.15. The summed E-state index contributed by atoms with van der Waals surface area (Å²) in [5.41, 5.74) is 4.39. The number of allylic oxidation sites excluding steroid dienone is 1. The zero-order valence-corrected chi connectivity index (χ0v) is 8.55. The number of halogens is 1. The number of hydrogen-bond donors (Lipinski definition) is 0. The van der Waals surface area contributed by atoms with Gasteiger partial charge in [0.05, 0.1) is 0 Å². The zero-order chi connectivity index (χ0) is 7.84. The third kappa shape index (κ3) is 1.22. The van der Waals surface area contributed by atoms with Gasteiger partial charge in [0, 0.05) is 3.57 Å². The van der Waals surface area contributed by atoms with E-state index in [2.05, 4.69) is 53.8 Å². The highest BCUT2D eigenvalue weighted by Crippen LogP contribution is 2.28. The van der Waals surface area contributed by atoms with Gasteiger partial charge in [-0.15, -0.1) is 0 Å². The predicted molar refractivity (Wildman–Crippen MR) is 56.5 cm³/mol. The van der Waals surface area contributed by atoms with E-state index in [0.29, 0.717) is 0 Å². The summed E-state index contributed by atoms with van der Waals surface area (Å²) >= 11 is 2.39. The lowest BCUT2D eigenvalue weighted by Crippen LogP contribution is -1.84. The van der Waals surface area contributed by atoms with Crippen LogP contribution < -0.4 is 0 Å². The van der Waals surface area contributed by atoms with E-state index in [1.165, 1.54) is 20.3 Å². The Balaban J connectivity index is 2.61. The van der Waals surface area contributed by atoms with Crippen LogP contribution in [-0.4, -0.2) is 0 Å². The molecule has 0 saturated heterocycles. The van der Waals surface area contributed by atoms with Gasteiger partial charge >= 0.3 is 0 Å². The largest absolute Gasteiger partial charge is 0.0683 e. The van der Waals surface area contributed by atoms with Crippen LogP contribution in [0.15, 0.2) is 23.8 Å². The maximum atomic E-state index is 2.39. The van der Waals surface area contributed by atoms with E-state index in [1.54, 1.807) is 0 Å². The normalized spacial score (nSPS) is 14.5. The highest BCUT2D eigenvalue weighted by Gasteiger charge is 2.10. The van der Waals surface area contributed by atoms with E-state index < -0.39 is 0 Å². The number of hydrogen-bond acceptors (Lipinski definition) is 0. The molecule has 0 amide bonds. The van der Waals surface area contributed by atoms with Crippen molar-refractivity contribution in [1.82, 2.24) is 0 Å². The minimum atomic E-state index is 1.15. The van der Waals surface area contributed by atoms with E-state index in [0.717, 1.165) is 6.42 Å². The minimum Gasteiger partial charge on any atom is -0.0683 e. The molecule has 0 bridgehead atoms. The molecule has 0 radical (unpaired) electrons. The lowest BCUT2D eigenvalue weighted by Gasteiger charge is -1.98. The maximum absolute atomic E-state index is 2.39. The Morgan fingerprint density at radius 1 is 1.36 bits per heavy atom. The molecule has 2 rings (SSSR count). The summed E-state index contributed by atoms with van der Waals surface area (Å²) in [4.78, 5) is 0. The van der Waals surface area contributed by atoms with Gasteiger partial charge in [0.15, 0.2) is 0 Å². The summed E-state index contributed by atoms with van der Waals surface area (Å²) < 4.78 is 1.37. The van der Waals surface area contributed by atoms with Gasteiger partial charge in [-0.2, -0.15) is 0 Å². The van der Waals surface area contributed by atoms with Crippen molar-refractivity contribution in [2.24, 2.45) is 0 Å². The SMILES string of the molecule is CC1=Cc2c(I)cccc2C1. The standard InChI is InChI=1S/C10H9I/c1-7-5-8-3-2-4-10(11)9(8)6-7/h2-4,6H,5H2,1H3. The van der Waals surface area contributed by atoms with Crippen LogP contribution in [0, 0.1) is 3.57 Å². The van der Waals surface area contributed by atoms with Gasteiger partial charge in [0.25, 0.3) is 0 Å². The van der Waals surface area contributed by atoms with Crippen LogP contribution >= 0.6 is 22.6 Å². The molecule has 0 atom stereocenters. The molecule has 0 nitrogen and oxygen atoms in total. The Labute approximate surface area is 80.5 Å². The van der Waals surface area contributed by atoms with Crippen LogP contribution in [0.4, 0.5) is 0 Å². The maximum Gasteiger partial charge on any atom is 0.0205 e. The molecule has 0 unspecified atom stereocenters. The highest BCUT2D eigenvalue weighted by molar-refractivity contribution is 14.1. The van der Waals surface area contributed by atoms with Crippen LogP contribution in [0.25, 0.3) is 6.08 Å². The molecule has 0 spiro atoms. The lowest BCUT2D eigenvalue weighted by molar-refractivity contribution is 1.19. The molecule has 11 heavy (non-hydrogen) atoms. The van der Waals surface area contributed by atoms with E-state index >= 15 is 0 Å². The third-order valence-electron chi connectivity index (χ3n) is 2.00. The van der Waals surface area contributed by atoms with E-state index in [1.807, 2.05) is 0 Å². The van der Waals surface area contributed by atoms with Crippen molar-refractivity contribution in [1.29, 1.82) is 0 Å². The van der Waals surface area contributed by atoms with Crippen molar-refractivity contribution in [2.45, 2.75) is 13.3 Å². The zero-order valence-electron chi connectivity index (χ0n) is 6.39. The average Bonchev–Trinajstić information content (AvgIpc) is 2.31. The van der Waals surface area contributed by atoms with Gasteiger partial charge in [-0.3, -0.25) is 0 Å². The topological polar surface area (TPSA) is 0 Å². The molecule has 0 N–H and O–H groups in total. The second kappa shape index (κ2) is 2.63. The Morgan fingerprint density at radius 2 is 2.18 bits per heavy atom. The molecule has 0 fully saturated rings. The van der Waals surface area contributed by atoms with Gasteiger partial charge in [-0.25, -0.2) is 0 Å². The summed E-state index contributed by atoms with van der Waals surface area (Å²) in [6.07, 6.45) is 3.43. The fourth-order valence-electron chi connectivity index (χ4n) is 1.50. The molecule has 1 heteroatoms. The van der Waals surface area contributed by atoms with Crippen LogP contribution in [0.2, 0.25) is 0 Å². The quantitative estimate of drug-likeness (QED) is 0.625. The lowest BCUT2D eigenvalue weighted by atomic mass is 10.1. The number of rotatable bonds is 0. The fraction of sp³-hybridized carbons (Fsp3) is 0.200. The third-order valence-corrected chi connectivity index (χ3v) is 2.94. The molecule has 1 aromatic rings. The van der Waals surface area contributed by atoms with E-state index in [4.69, 9.17) is 0 Å². The van der Waals surface area contributed by atoms with Crippen LogP contribution in [0.3, 0.4) is 0 Å². The van der Waals surface area contributed by atoms with Crippen molar-refractivity contribution >= 4 is 28.7 Å². The van der Waals surface area contributed by atoms with Crippen molar-refractivity contribution in [3.63, 3.8) is 0 Å². The first-order valence-corrected chi connectivity index (χ1v) is 4.80. The van der Waals surface area contributed by atoms with Crippen molar-refractivity contribution in [3.8, 4) is 0 Å². The average molecular weight is 256 g/mol. The van der Waals surface area contributed by atoms with E-state index in [-0.39, 0.29) is 0 Å². The van der Waals surface area contributed by atoms with Gasteiger partial charge in [-0.05, 0) is 53.1 Å². The Morgan fingerprint density at radius 3 is 2.91 bits per heavy atom. The van der Waals surface area contributed by atoms with Crippen molar-refractivity contribution < 1.29 is 0 Å².